The normalized spacial score (nSPS) is 18.5. The minimum atomic E-state index is 0.482. The molecule has 0 bridgehead atoms. The summed E-state index contributed by atoms with van der Waals surface area (Å²) >= 11 is 0. The molecule has 78 valence electrons. The molecule has 3 nitrogen and oxygen atoms in total. The van der Waals surface area contributed by atoms with E-state index < -0.39 is 0 Å². The van der Waals surface area contributed by atoms with Gasteiger partial charge in [0.1, 0.15) is 0 Å². The Hall–Kier alpha value is -0.830. The summed E-state index contributed by atoms with van der Waals surface area (Å²) in [5.74, 6) is 0. The SMILES string of the molecule is Cc1n[nH]c(C)c1CCC1(CN)CC1. The van der Waals surface area contributed by atoms with Gasteiger partial charge in [-0.2, -0.15) is 5.10 Å². The van der Waals surface area contributed by atoms with E-state index in [0.29, 0.717) is 5.41 Å². The fourth-order valence-electron chi connectivity index (χ4n) is 2.07. The summed E-state index contributed by atoms with van der Waals surface area (Å²) in [6, 6.07) is 0. The van der Waals surface area contributed by atoms with E-state index in [1.54, 1.807) is 0 Å². The molecule has 0 atom stereocenters. The third kappa shape index (κ3) is 1.69. The van der Waals surface area contributed by atoms with Crippen molar-refractivity contribution in [3.05, 3.63) is 17.0 Å². The monoisotopic (exact) mass is 193 g/mol. The highest BCUT2D eigenvalue weighted by Crippen LogP contribution is 2.48. The average molecular weight is 193 g/mol. The summed E-state index contributed by atoms with van der Waals surface area (Å²) in [4.78, 5) is 0. The molecule has 0 unspecified atom stereocenters. The maximum absolute atomic E-state index is 5.76. The summed E-state index contributed by atoms with van der Waals surface area (Å²) in [6.45, 7) is 5.02. The Morgan fingerprint density at radius 3 is 2.57 bits per heavy atom. The average Bonchev–Trinajstić information content (AvgIpc) is 2.89. The number of nitrogens with one attached hydrogen (secondary N) is 1. The number of nitrogens with zero attached hydrogens (tertiary/aromatic N) is 1. The van der Waals surface area contributed by atoms with Crippen LogP contribution in [0.4, 0.5) is 0 Å². The smallest absolute Gasteiger partial charge is 0.0625 e. The molecule has 2 rings (SSSR count). The van der Waals surface area contributed by atoms with E-state index in [1.807, 2.05) is 0 Å². The standard InChI is InChI=1S/C11H19N3/c1-8-10(9(2)14-13-8)3-4-11(7-12)5-6-11/h3-7,12H2,1-2H3,(H,13,14). The lowest BCUT2D eigenvalue weighted by atomic mass is 9.96. The molecule has 1 fully saturated rings. The van der Waals surface area contributed by atoms with Crippen molar-refractivity contribution in [2.24, 2.45) is 11.1 Å². The van der Waals surface area contributed by atoms with Gasteiger partial charge in [0.15, 0.2) is 0 Å². The fourth-order valence-corrected chi connectivity index (χ4v) is 2.07. The van der Waals surface area contributed by atoms with Crippen LogP contribution in [0.3, 0.4) is 0 Å². The van der Waals surface area contributed by atoms with Gasteiger partial charge in [0.25, 0.3) is 0 Å². The Morgan fingerprint density at radius 2 is 2.14 bits per heavy atom. The van der Waals surface area contributed by atoms with Crippen molar-refractivity contribution in [2.75, 3.05) is 6.54 Å². The predicted octanol–water partition coefficient (Wildman–Crippen LogP) is 1.70. The summed E-state index contributed by atoms with van der Waals surface area (Å²) in [7, 11) is 0. The van der Waals surface area contributed by atoms with Gasteiger partial charge in [-0.3, -0.25) is 5.10 Å². The molecule has 0 aromatic carbocycles. The number of hydrogen-bond donors (Lipinski definition) is 2. The lowest BCUT2D eigenvalue weighted by Gasteiger charge is -2.11. The molecule has 3 N–H and O–H groups in total. The first-order chi connectivity index (χ1) is 6.67. The second-order valence-electron chi connectivity index (χ2n) is 4.62. The van der Waals surface area contributed by atoms with Crippen LogP contribution in [0.15, 0.2) is 0 Å². The van der Waals surface area contributed by atoms with Crippen molar-refractivity contribution in [1.82, 2.24) is 10.2 Å². The van der Waals surface area contributed by atoms with Crippen LogP contribution >= 0.6 is 0 Å². The molecular weight excluding hydrogens is 174 g/mol. The van der Waals surface area contributed by atoms with E-state index in [2.05, 4.69) is 24.0 Å². The Bertz CT molecular complexity index is 304. The van der Waals surface area contributed by atoms with Gasteiger partial charge in [-0.1, -0.05) is 0 Å². The maximum Gasteiger partial charge on any atom is 0.0625 e. The third-order valence-corrected chi connectivity index (χ3v) is 3.58. The van der Waals surface area contributed by atoms with E-state index in [4.69, 9.17) is 5.73 Å². The number of H-pyrrole nitrogens is 1. The van der Waals surface area contributed by atoms with Gasteiger partial charge in [0.05, 0.1) is 5.69 Å². The van der Waals surface area contributed by atoms with Gasteiger partial charge in [0.2, 0.25) is 0 Å². The van der Waals surface area contributed by atoms with Crippen LogP contribution < -0.4 is 5.73 Å². The minimum Gasteiger partial charge on any atom is -0.330 e. The molecular formula is C11H19N3. The van der Waals surface area contributed by atoms with E-state index in [1.165, 1.54) is 30.5 Å². The van der Waals surface area contributed by atoms with Crippen LogP contribution in [-0.4, -0.2) is 16.7 Å². The van der Waals surface area contributed by atoms with Crippen molar-refractivity contribution in [3.8, 4) is 0 Å². The second-order valence-corrected chi connectivity index (χ2v) is 4.62. The van der Waals surface area contributed by atoms with Gasteiger partial charge in [-0.25, -0.2) is 0 Å². The number of nitrogens with two attached hydrogens (primary N) is 1. The number of aromatic amines is 1. The zero-order chi connectivity index (χ0) is 10.2. The van der Waals surface area contributed by atoms with Crippen LogP contribution in [-0.2, 0) is 6.42 Å². The molecule has 1 aromatic rings. The summed E-state index contributed by atoms with van der Waals surface area (Å²) < 4.78 is 0. The molecule has 1 heterocycles. The Morgan fingerprint density at radius 1 is 1.43 bits per heavy atom. The Labute approximate surface area is 85.1 Å². The van der Waals surface area contributed by atoms with Crippen molar-refractivity contribution in [3.63, 3.8) is 0 Å². The van der Waals surface area contributed by atoms with Crippen molar-refractivity contribution in [2.45, 2.75) is 39.5 Å². The van der Waals surface area contributed by atoms with Crippen molar-refractivity contribution < 1.29 is 0 Å². The number of hydrogen-bond acceptors (Lipinski definition) is 2. The summed E-state index contributed by atoms with van der Waals surface area (Å²) in [5.41, 5.74) is 10.0. The summed E-state index contributed by atoms with van der Waals surface area (Å²) in [6.07, 6.45) is 5.00. The topological polar surface area (TPSA) is 54.7 Å². The van der Waals surface area contributed by atoms with Gasteiger partial charge in [0, 0.05) is 5.69 Å². The largest absolute Gasteiger partial charge is 0.330 e. The van der Waals surface area contributed by atoms with E-state index >= 15 is 0 Å². The highest BCUT2D eigenvalue weighted by molar-refractivity contribution is 5.23. The Kier molecular flexibility index (Phi) is 2.35. The zero-order valence-electron chi connectivity index (χ0n) is 9.06. The molecule has 14 heavy (non-hydrogen) atoms. The minimum absolute atomic E-state index is 0.482. The van der Waals surface area contributed by atoms with E-state index in [0.717, 1.165) is 18.7 Å². The number of aryl methyl sites for hydroxylation is 2. The fraction of sp³-hybridized carbons (Fsp3) is 0.727. The van der Waals surface area contributed by atoms with Gasteiger partial charge < -0.3 is 5.73 Å². The molecule has 1 aromatic heterocycles. The van der Waals surface area contributed by atoms with Crippen molar-refractivity contribution >= 4 is 0 Å². The van der Waals surface area contributed by atoms with E-state index in [9.17, 15) is 0 Å². The van der Waals surface area contributed by atoms with Crippen LogP contribution in [0, 0.1) is 19.3 Å². The molecule has 0 amide bonds. The predicted molar refractivity (Wildman–Crippen MR) is 57.1 cm³/mol. The molecule has 0 aliphatic heterocycles. The first kappa shape index (κ1) is 9.71. The van der Waals surface area contributed by atoms with Gasteiger partial charge >= 0.3 is 0 Å². The molecule has 1 saturated carbocycles. The second kappa shape index (κ2) is 3.39. The quantitative estimate of drug-likeness (QED) is 0.764. The van der Waals surface area contributed by atoms with Crippen LogP contribution in [0.25, 0.3) is 0 Å². The molecule has 0 saturated heterocycles. The third-order valence-electron chi connectivity index (χ3n) is 3.58. The van der Waals surface area contributed by atoms with Crippen LogP contribution in [0.1, 0.15) is 36.2 Å². The Balaban J connectivity index is 1.98. The first-order valence-electron chi connectivity index (χ1n) is 5.37. The zero-order valence-corrected chi connectivity index (χ0v) is 9.06. The van der Waals surface area contributed by atoms with Gasteiger partial charge in [-0.05, 0) is 57.1 Å². The molecule has 0 radical (unpaired) electrons. The van der Waals surface area contributed by atoms with Crippen molar-refractivity contribution in [1.29, 1.82) is 0 Å². The molecule has 3 heteroatoms. The molecule has 1 aliphatic rings. The highest BCUT2D eigenvalue weighted by atomic mass is 15.1. The van der Waals surface area contributed by atoms with Crippen LogP contribution in [0.5, 0.6) is 0 Å². The lowest BCUT2D eigenvalue weighted by Crippen LogP contribution is -2.16. The van der Waals surface area contributed by atoms with Crippen LogP contribution in [0.2, 0.25) is 0 Å². The summed E-state index contributed by atoms with van der Waals surface area (Å²) in [5, 5.41) is 7.24. The molecule has 0 spiro atoms. The van der Waals surface area contributed by atoms with Gasteiger partial charge in [-0.15, -0.1) is 0 Å². The van der Waals surface area contributed by atoms with E-state index in [-0.39, 0.29) is 0 Å². The number of aromatic nitrogens is 2. The maximum atomic E-state index is 5.76. The lowest BCUT2D eigenvalue weighted by molar-refractivity contribution is 0.478. The highest BCUT2D eigenvalue weighted by Gasteiger charge is 2.40. The first-order valence-corrected chi connectivity index (χ1v) is 5.37. The molecule has 1 aliphatic carbocycles. The number of rotatable bonds is 4.